The summed E-state index contributed by atoms with van der Waals surface area (Å²) in [5, 5.41) is 12.7. The molecule has 2 nitrogen and oxygen atoms in total. The van der Waals surface area contributed by atoms with Crippen LogP contribution in [0.2, 0.25) is 0 Å². The minimum atomic E-state index is 1.13. The Morgan fingerprint density at radius 3 is 1.82 bits per heavy atom. The predicted octanol–water partition coefficient (Wildman–Crippen LogP) is 14.1. The van der Waals surface area contributed by atoms with Gasteiger partial charge in [0.2, 0.25) is 0 Å². The molecule has 238 valence electrons. The van der Waals surface area contributed by atoms with Gasteiger partial charge in [0, 0.05) is 53.7 Å². The Morgan fingerprint density at radius 1 is 0.353 bits per heavy atom. The molecule has 2 aromatic heterocycles. The van der Waals surface area contributed by atoms with E-state index >= 15 is 0 Å². The maximum atomic E-state index is 2.44. The number of benzene rings is 9. The molecule has 0 aliphatic heterocycles. The molecule has 0 atom stereocenters. The third-order valence-corrected chi connectivity index (χ3v) is 11.7. The van der Waals surface area contributed by atoms with Crippen molar-refractivity contribution in [3.63, 3.8) is 0 Å². The summed E-state index contributed by atoms with van der Waals surface area (Å²) >= 11 is 1.86. The lowest BCUT2D eigenvalue weighted by atomic mass is 9.96. The first-order valence-corrected chi connectivity index (χ1v) is 18.2. The van der Waals surface area contributed by atoms with Gasteiger partial charge in [0.25, 0.3) is 0 Å². The van der Waals surface area contributed by atoms with Gasteiger partial charge >= 0.3 is 0 Å². The van der Waals surface area contributed by atoms with Crippen molar-refractivity contribution in [3.05, 3.63) is 182 Å². The predicted molar refractivity (Wildman–Crippen MR) is 221 cm³/mol. The highest BCUT2D eigenvalue weighted by Gasteiger charge is 2.19. The van der Waals surface area contributed by atoms with Crippen molar-refractivity contribution in [2.75, 3.05) is 4.90 Å². The molecular weight excluding hydrogens is 637 g/mol. The van der Waals surface area contributed by atoms with Crippen LogP contribution < -0.4 is 4.90 Å². The summed E-state index contributed by atoms with van der Waals surface area (Å²) in [6, 6.07) is 66.9. The monoisotopic (exact) mass is 666 g/mol. The number of rotatable bonds is 4. The Kier molecular flexibility index (Phi) is 6.16. The van der Waals surface area contributed by atoms with E-state index in [1.54, 1.807) is 0 Å². The van der Waals surface area contributed by atoms with Gasteiger partial charge in [-0.1, -0.05) is 109 Å². The zero-order valence-electron chi connectivity index (χ0n) is 27.6. The number of para-hydroxylation sites is 2. The van der Waals surface area contributed by atoms with E-state index in [0.29, 0.717) is 0 Å². The second kappa shape index (κ2) is 11.0. The maximum absolute atomic E-state index is 2.44. The molecule has 0 amide bonds. The molecule has 0 bridgehead atoms. The molecule has 11 aromatic rings. The fourth-order valence-corrected chi connectivity index (χ4v) is 9.30. The van der Waals surface area contributed by atoms with Crippen LogP contribution in [0.4, 0.5) is 17.1 Å². The van der Waals surface area contributed by atoms with Gasteiger partial charge in [-0.05, 0) is 105 Å². The maximum Gasteiger partial charge on any atom is 0.0542 e. The van der Waals surface area contributed by atoms with Gasteiger partial charge in [-0.3, -0.25) is 0 Å². The molecule has 0 fully saturated rings. The molecule has 11 rings (SSSR count). The van der Waals surface area contributed by atoms with Gasteiger partial charge in [-0.15, -0.1) is 11.3 Å². The van der Waals surface area contributed by atoms with Gasteiger partial charge in [0.05, 0.1) is 11.0 Å². The first-order valence-electron chi connectivity index (χ1n) is 17.4. The number of hydrogen-bond acceptors (Lipinski definition) is 2. The van der Waals surface area contributed by atoms with Crippen LogP contribution in [-0.4, -0.2) is 4.57 Å². The molecule has 0 saturated heterocycles. The topological polar surface area (TPSA) is 8.17 Å². The second-order valence-electron chi connectivity index (χ2n) is 13.4. The van der Waals surface area contributed by atoms with Gasteiger partial charge in [-0.25, -0.2) is 0 Å². The Morgan fingerprint density at radius 2 is 0.941 bits per heavy atom. The van der Waals surface area contributed by atoms with Crippen molar-refractivity contribution in [2.45, 2.75) is 0 Å². The summed E-state index contributed by atoms with van der Waals surface area (Å²) in [5.41, 5.74) is 6.97. The summed E-state index contributed by atoms with van der Waals surface area (Å²) in [6.45, 7) is 0. The molecule has 0 N–H and O–H groups in total. The van der Waals surface area contributed by atoms with Crippen LogP contribution in [0.3, 0.4) is 0 Å². The van der Waals surface area contributed by atoms with E-state index in [2.05, 4.69) is 191 Å². The number of nitrogens with zero attached hydrogens (tertiary/aromatic N) is 2. The molecule has 0 radical (unpaired) electrons. The minimum Gasteiger partial charge on any atom is -0.310 e. The van der Waals surface area contributed by atoms with Crippen molar-refractivity contribution in [1.29, 1.82) is 0 Å². The zero-order chi connectivity index (χ0) is 33.5. The molecule has 2 heterocycles. The van der Waals surface area contributed by atoms with Crippen molar-refractivity contribution >= 4 is 103 Å². The van der Waals surface area contributed by atoms with E-state index in [1.165, 1.54) is 74.3 Å². The standard InChI is InChI=1S/C48H30N2S/c1-2-11-34(12-3-1)50-44-16-8-6-14-40(44)42-29-36(23-26-45(42)50)49(37-24-27-47-43(30-37)41-15-7-9-17-46(41)51-47)35-22-25-39-33(28-35)21-20-32-19-18-31-10-4-5-13-38(31)48(32)39/h1-30H. The van der Waals surface area contributed by atoms with E-state index < -0.39 is 0 Å². The highest BCUT2D eigenvalue weighted by Crippen LogP contribution is 2.44. The fourth-order valence-electron chi connectivity index (χ4n) is 8.22. The number of anilines is 3. The van der Waals surface area contributed by atoms with Gasteiger partial charge in [0.15, 0.2) is 0 Å². The van der Waals surface area contributed by atoms with E-state index in [9.17, 15) is 0 Å². The van der Waals surface area contributed by atoms with Crippen LogP contribution in [0.15, 0.2) is 182 Å². The summed E-state index contributed by atoms with van der Waals surface area (Å²) in [6.07, 6.45) is 0. The smallest absolute Gasteiger partial charge is 0.0542 e. The molecule has 51 heavy (non-hydrogen) atoms. The first-order chi connectivity index (χ1) is 25.3. The second-order valence-corrected chi connectivity index (χ2v) is 14.4. The van der Waals surface area contributed by atoms with E-state index in [1.807, 2.05) is 11.3 Å². The molecule has 0 unspecified atom stereocenters. The lowest BCUT2D eigenvalue weighted by Crippen LogP contribution is -2.10. The van der Waals surface area contributed by atoms with Crippen LogP contribution in [0, 0.1) is 0 Å². The van der Waals surface area contributed by atoms with Crippen LogP contribution in [0.5, 0.6) is 0 Å². The highest BCUT2D eigenvalue weighted by atomic mass is 32.1. The van der Waals surface area contributed by atoms with Crippen LogP contribution >= 0.6 is 11.3 Å². The summed E-state index contributed by atoms with van der Waals surface area (Å²) < 4.78 is 5.00. The van der Waals surface area contributed by atoms with Gasteiger partial charge < -0.3 is 9.47 Å². The van der Waals surface area contributed by atoms with Crippen molar-refractivity contribution in [3.8, 4) is 5.69 Å². The Labute approximate surface area is 298 Å². The number of aromatic nitrogens is 1. The fraction of sp³-hybridized carbons (Fsp3) is 0. The molecule has 3 heteroatoms. The highest BCUT2D eigenvalue weighted by molar-refractivity contribution is 7.25. The van der Waals surface area contributed by atoms with Gasteiger partial charge in [0.1, 0.15) is 0 Å². The quantitative estimate of drug-likeness (QED) is 0.170. The van der Waals surface area contributed by atoms with E-state index in [4.69, 9.17) is 0 Å². The normalized spacial score (nSPS) is 11.9. The lowest BCUT2D eigenvalue weighted by Gasteiger charge is -2.26. The third-order valence-electron chi connectivity index (χ3n) is 10.5. The van der Waals surface area contributed by atoms with Gasteiger partial charge in [-0.2, -0.15) is 0 Å². The summed E-state index contributed by atoms with van der Waals surface area (Å²) in [7, 11) is 0. The van der Waals surface area contributed by atoms with Crippen molar-refractivity contribution < 1.29 is 0 Å². The molecule has 0 aliphatic rings. The number of hydrogen-bond donors (Lipinski definition) is 0. The third kappa shape index (κ3) is 4.35. The number of thiophene rings is 1. The largest absolute Gasteiger partial charge is 0.310 e. The van der Waals surface area contributed by atoms with E-state index in [0.717, 1.165) is 22.7 Å². The summed E-state index contributed by atoms with van der Waals surface area (Å²) in [4.78, 5) is 2.44. The molecule has 0 aliphatic carbocycles. The Hall–Kier alpha value is -6.42. The van der Waals surface area contributed by atoms with Crippen LogP contribution in [0.1, 0.15) is 0 Å². The first kappa shape index (κ1) is 28.4. The minimum absolute atomic E-state index is 1.13. The average Bonchev–Trinajstić information content (AvgIpc) is 3.73. The van der Waals surface area contributed by atoms with Crippen LogP contribution in [0.25, 0.3) is 80.0 Å². The zero-order valence-corrected chi connectivity index (χ0v) is 28.4. The Balaban J connectivity index is 1.17. The SMILES string of the molecule is c1ccc(-n2c3ccccc3c3cc(N(c4ccc5c(ccc6ccc7ccccc7c65)c4)c4ccc5sc6ccccc6c5c4)ccc32)cc1. The van der Waals surface area contributed by atoms with Crippen molar-refractivity contribution in [2.24, 2.45) is 0 Å². The average molecular weight is 667 g/mol. The van der Waals surface area contributed by atoms with Crippen LogP contribution in [-0.2, 0) is 0 Å². The molecule has 0 spiro atoms. The number of fused-ring (bicyclic) bond motifs is 11. The molecular formula is C48H30N2S. The molecule has 0 saturated carbocycles. The van der Waals surface area contributed by atoms with Crippen molar-refractivity contribution in [1.82, 2.24) is 4.57 Å². The Bertz CT molecular complexity index is 3150. The molecule has 9 aromatic carbocycles. The van der Waals surface area contributed by atoms with E-state index in [-0.39, 0.29) is 0 Å². The summed E-state index contributed by atoms with van der Waals surface area (Å²) in [5.74, 6) is 0. The lowest BCUT2D eigenvalue weighted by molar-refractivity contribution is 1.18.